The molecule has 4 unspecified atom stereocenters. The van der Waals surface area contributed by atoms with Crippen molar-refractivity contribution in [1.82, 2.24) is 20.3 Å². The number of rotatable bonds is 30. The Morgan fingerprint density at radius 2 is 1.38 bits per heavy atom. The zero-order valence-corrected chi connectivity index (χ0v) is 33.9. The molecule has 0 saturated carbocycles. The number of carbonyl (C=O) groups is 4. The summed E-state index contributed by atoms with van der Waals surface area (Å²) in [4.78, 5) is 51.8. The summed E-state index contributed by atoms with van der Waals surface area (Å²) < 4.78 is 17.8. The number of carbonyl (C=O) groups excluding carboxylic acids is 4. The first-order valence-corrected chi connectivity index (χ1v) is 21.4. The van der Waals surface area contributed by atoms with Crippen LogP contribution < -0.4 is 10.6 Å². The van der Waals surface area contributed by atoms with Gasteiger partial charge in [-0.25, -0.2) is 4.68 Å². The van der Waals surface area contributed by atoms with Gasteiger partial charge in [-0.2, -0.15) is 11.8 Å². The van der Waals surface area contributed by atoms with Gasteiger partial charge in [-0.15, -0.1) is 5.10 Å². The van der Waals surface area contributed by atoms with E-state index in [1.165, 1.54) is 18.0 Å². The van der Waals surface area contributed by atoms with Crippen molar-refractivity contribution < 1.29 is 53.8 Å². The van der Waals surface area contributed by atoms with Gasteiger partial charge in [-0.3, -0.25) is 19.2 Å². The summed E-state index contributed by atoms with van der Waals surface area (Å²) in [6, 6.07) is -1.04. The van der Waals surface area contributed by atoms with Crippen molar-refractivity contribution in [2.45, 2.75) is 179 Å². The minimum absolute atomic E-state index is 0.0434. The molecule has 2 rings (SSSR count). The van der Waals surface area contributed by atoms with Gasteiger partial charge in [-0.1, -0.05) is 103 Å². The number of hydrogen-bond acceptors (Lipinski definition) is 14. The number of ether oxygens (including phenoxy) is 3. The fourth-order valence-electron chi connectivity index (χ4n) is 5.99. The molecule has 2 amide bonds. The highest BCUT2D eigenvalue weighted by Gasteiger charge is 2.44. The van der Waals surface area contributed by atoms with E-state index >= 15 is 0 Å². The first-order valence-electron chi connectivity index (χ1n) is 20.3. The van der Waals surface area contributed by atoms with E-state index in [1.54, 1.807) is 0 Å². The van der Waals surface area contributed by atoms with Crippen LogP contribution in [0.25, 0.3) is 0 Å². The van der Waals surface area contributed by atoms with Gasteiger partial charge in [0.1, 0.15) is 43.2 Å². The first kappa shape index (κ1) is 48.3. The molecule has 1 aromatic heterocycles. The van der Waals surface area contributed by atoms with E-state index in [2.05, 4.69) is 41.7 Å². The third-order valence-corrected chi connectivity index (χ3v) is 10.5. The van der Waals surface area contributed by atoms with Gasteiger partial charge in [0.15, 0.2) is 12.0 Å². The molecule has 17 heteroatoms. The number of nitrogens with zero attached hydrogens (tertiary/aromatic N) is 3. The summed E-state index contributed by atoms with van der Waals surface area (Å²) in [5, 5.41) is 53.5. The van der Waals surface area contributed by atoms with E-state index < -0.39 is 55.3 Å². The van der Waals surface area contributed by atoms with Crippen LogP contribution in [0.2, 0.25) is 0 Å². The normalized spacial score (nSPS) is 20.7. The van der Waals surface area contributed by atoms with Crippen LogP contribution in [-0.4, -0.2) is 120 Å². The Hall–Kier alpha value is -2.83. The zero-order valence-electron chi connectivity index (χ0n) is 33.1. The molecule has 316 valence electrons. The van der Waals surface area contributed by atoms with Crippen LogP contribution in [0.4, 0.5) is 5.82 Å². The molecular formula is C38H67N5O11S. The Morgan fingerprint density at radius 1 is 0.800 bits per heavy atom. The molecule has 0 bridgehead atoms. The number of aromatic nitrogens is 3. The van der Waals surface area contributed by atoms with E-state index in [-0.39, 0.29) is 61.0 Å². The van der Waals surface area contributed by atoms with Gasteiger partial charge < -0.3 is 45.3 Å². The lowest BCUT2D eigenvalue weighted by molar-refractivity contribution is -0.254. The molecule has 0 spiro atoms. The average molecular weight is 802 g/mol. The van der Waals surface area contributed by atoms with Crippen LogP contribution in [0.1, 0.15) is 143 Å². The fourth-order valence-corrected chi connectivity index (χ4v) is 7.03. The number of amides is 2. The first-order chi connectivity index (χ1) is 26.5. The largest absolute Gasteiger partial charge is 0.462 e. The van der Waals surface area contributed by atoms with E-state index in [4.69, 9.17) is 14.2 Å². The lowest BCUT2D eigenvalue weighted by Crippen LogP contribution is -2.56. The van der Waals surface area contributed by atoms with Crippen molar-refractivity contribution in [3.8, 4) is 0 Å². The highest BCUT2D eigenvalue weighted by molar-refractivity contribution is 7.99. The van der Waals surface area contributed by atoms with Crippen molar-refractivity contribution in [2.24, 2.45) is 0 Å². The lowest BCUT2D eigenvalue weighted by Gasteiger charge is -2.39. The summed E-state index contributed by atoms with van der Waals surface area (Å²) in [5.41, 5.74) is 0. The lowest BCUT2D eigenvalue weighted by atomic mass is 9.98. The molecule has 7 atom stereocenters. The highest BCUT2D eigenvalue weighted by Crippen LogP contribution is 2.28. The number of hydrogen-bond donors (Lipinski definition) is 6. The molecule has 6 N–H and O–H groups in total. The standard InChI is InChI=1S/C38H67N5O11S/c1-4-7-10-13-16-19-31(45)39-28(37(51)40-30-22-43(42-41-30)38-36(50)35(49)34(48)29(23-44)54-38)26-55-25-27(53-33(47)21-18-15-12-9-6-3)24-52-32(46)20-17-14-11-8-5-2/h22,27-29,34-36,38,44,48-50H,4-21,23-26H2,1-3H3,(H,39,45)(H,40,51)/t27-,28-,29?,34?,35?,36?,38+/m1/s1. The maximum atomic E-state index is 13.6. The van der Waals surface area contributed by atoms with Crippen molar-refractivity contribution in [2.75, 3.05) is 30.0 Å². The maximum Gasteiger partial charge on any atom is 0.306 e. The second-order valence-electron chi connectivity index (χ2n) is 14.2. The molecule has 0 aromatic carbocycles. The number of anilines is 1. The molecule has 0 radical (unpaired) electrons. The highest BCUT2D eigenvalue weighted by atomic mass is 32.2. The Balaban J connectivity index is 2.10. The smallest absolute Gasteiger partial charge is 0.306 e. The summed E-state index contributed by atoms with van der Waals surface area (Å²) >= 11 is 1.26. The molecule has 55 heavy (non-hydrogen) atoms. The van der Waals surface area contributed by atoms with Crippen molar-refractivity contribution in [3.63, 3.8) is 0 Å². The maximum absolute atomic E-state index is 13.6. The molecule has 2 heterocycles. The predicted molar refractivity (Wildman–Crippen MR) is 208 cm³/mol. The summed E-state index contributed by atoms with van der Waals surface area (Å²) in [6.07, 6.45) is 8.45. The van der Waals surface area contributed by atoms with Crippen LogP contribution in [-0.2, 0) is 33.4 Å². The quantitative estimate of drug-likeness (QED) is 0.0478. The zero-order chi connectivity index (χ0) is 40.4. The second kappa shape index (κ2) is 28.5. The Kier molecular flexibility index (Phi) is 25.1. The summed E-state index contributed by atoms with van der Waals surface area (Å²) in [7, 11) is 0. The van der Waals surface area contributed by atoms with E-state index in [0.717, 1.165) is 88.2 Å². The van der Waals surface area contributed by atoms with Crippen LogP contribution >= 0.6 is 11.8 Å². The number of aliphatic hydroxyl groups is 4. The average Bonchev–Trinajstić information content (AvgIpc) is 3.63. The summed E-state index contributed by atoms with van der Waals surface area (Å²) in [6.45, 7) is 5.61. The topological polar surface area (TPSA) is 232 Å². The van der Waals surface area contributed by atoms with Crippen LogP contribution in [0.15, 0.2) is 6.20 Å². The molecule has 1 saturated heterocycles. The number of thioether (sulfide) groups is 1. The molecule has 1 aliphatic heterocycles. The number of esters is 2. The molecule has 1 fully saturated rings. The Morgan fingerprint density at radius 3 is 1.98 bits per heavy atom. The Labute approximate surface area is 330 Å². The molecule has 1 aromatic rings. The monoisotopic (exact) mass is 801 g/mol. The van der Waals surface area contributed by atoms with Gasteiger partial charge >= 0.3 is 11.9 Å². The van der Waals surface area contributed by atoms with Gasteiger partial charge in [0.25, 0.3) is 0 Å². The SMILES string of the molecule is CCCCCCCC(=O)N[C@H](CSC[C@@H](COC(=O)CCCCCCC)OC(=O)CCCCCCC)C(=O)Nc1cn([C@H]2OC(CO)C(O)C(O)C2O)nn1. The van der Waals surface area contributed by atoms with Gasteiger partial charge in [0, 0.05) is 30.8 Å². The van der Waals surface area contributed by atoms with Crippen LogP contribution in [0.5, 0.6) is 0 Å². The predicted octanol–water partition coefficient (Wildman–Crippen LogP) is 3.94. The van der Waals surface area contributed by atoms with Crippen molar-refractivity contribution in [1.29, 1.82) is 0 Å². The molecular weight excluding hydrogens is 735 g/mol. The molecule has 1 aliphatic rings. The number of unbranched alkanes of at least 4 members (excludes halogenated alkanes) is 12. The van der Waals surface area contributed by atoms with Crippen LogP contribution in [0, 0.1) is 0 Å². The molecule has 0 aliphatic carbocycles. The Bertz CT molecular complexity index is 1240. The molecule has 16 nitrogen and oxygen atoms in total. The minimum Gasteiger partial charge on any atom is -0.462 e. The third kappa shape index (κ3) is 19.2. The minimum atomic E-state index is -1.63. The van der Waals surface area contributed by atoms with Gasteiger partial charge in [0.2, 0.25) is 11.8 Å². The van der Waals surface area contributed by atoms with Gasteiger partial charge in [-0.05, 0) is 19.3 Å². The number of nitrogens with one attached hydrogen (secondary N) is 2. The van der Waals surface area contributed by atoms with E-state index in [0.29, 0.717) is 12.8 Å². The van der Waals surface area contributed by atoms with Crippen molar-refractivity contribution in [3.05, 3.63) is 6.20 Å². The van der Waals surface area contributed by atoms with Crippen LogP contribution in [0.3, 0.4) is 0 Å². The van der Waals surface area contributed by atoms with E-state index in [1.807, 2.05) is 0 Å². The van der Waals surface area contributed by atoms with Gasteiger partial charge in [0.05, 0.1) is 12.8 Å². The van der Waals surface area contributed by atoms with E-state index in [9.17, 15) is 39.6 Å². The second-order valence-corrected chi connectivity index (χ2v) is 15.3. The third-order valence-electron chi connectivity index (χ3n) is 9.33. The van der Waals surface area contributed by atoms with Crippen molar-refractivity contribution >= 4 is 41.3 Å². The summed E-state index contributed by atoms with van der Waals surface area (Å²) in [5.74, 6) is -1.41. The fraction of sp³-hybridized carbons (Fsp3) is 0.842. The number of aliphatic hydroxyl groups excluding tert-OH is 4.